The van der Waals surface area contributed by atoms with Crippen LogP contribution in [0.3, 0.4) is 0 Å². The smallest absolute Gasteiger partial charge is 0.327 e. The molecule has 0 fully saturated rings. The normalized spacial score (nSPS) is 11.6. The van der Waals surface area contributed by atoms with E-state index in [0.717, 1.165) is 7.48 Å². The Morgan fingerprint density at radius 2 is 2.00 bits per heavy atom. The van der Waals surface area contributed by atoms with Gasteiger partial charge in [0, 0.05) is 27.0 Å². The first-order valence-electron chi connectivity index (χ1n) is 3.74. The summed E-state index contributed by atoms with van der Waals surface area (Å²) >= 11 is 0. The van der Waals surface area contributed by atoms with E-state index in [1.807, 2.05) is 0 Å². The quantitative estimate of drug-likeness (QED) is 0.608. The van der Waals surface area contributed by atoms with Crippen LogP contribution < -0.4 is 11.2 Å². The fraction of sp³-hybridized carbons (Fsp3) is 0.250. The summed E-state index contributed by atoms with van der Waals surface area (Å²) in [6.07, 6.45) is -0.704. The van der Waals surface area contributed by atoms with Crippen molar-refractivity contribution < 1.29 is 30.6 Å². The molecule has 1 rings (SSSR count). The van der Waals surface area contributed by atoms with E-state index in [1.54, 1.807) is 24.3 Å². The minimum Gasteiger partial charge on any atom is -0.450 e. The average Bonchev–Trinajstić information content (AvgIpc) is 2.16. The molecule has 5 heteroatoms. The molecule has 0 saturated heterocycles. The summed E-state index contributed by atoms with van der Waals surface area (Å²) in [4.78, 5) is 0. The maximum Gasteiger partial charge on any atom is 0.327 e. The molecule has 4 N–H and O–H groups in total. The Morgan fingerprint density at radius 3 is 2.54 bits per heavy atom. The number of benzene rings is 1. The SMILES string of the molecule is NCC(O)c1ccccc1[B]O.[Re]. The van der Waals surface area contributed by atoms with Crippen LogP contribution >= 0.6 is 0 Å². The predicted molar refractivity (Wildman–Crippen MR) is 48.1 cm³/mol. The Hall–Kier alpha value is -0.173. The van der Waals surface area contributed by atoms with Gasteiger partial charge in [0.05, 0.1) is 6.10 Å². The van der Waals surface area contributed by atoms with Crippen LogP contribution in [0.1, 0.15) is 11.7 Å². The topological polar surface area (TPSA) is 66.5 Å². The Morgan fingerprint density at radius 1 is 1.38 bits per heavy atom. The van der Waals surface area contributed by atoms with Gasteiger partial charge in [-0.1, -0.05) is 24.3 Å². The molecule has 1 aromatic rings. The van der Waals surface area contributed by atoms with E-state index < -0.39 is 6.10 Å². The number of hydrogen-bond donors (Lipinski definition) is 3. The average molecular weight is 350 g/mol. The third kappa shape index (κ3) is 3.22. The minimum absolute atomic E-state index is 0. The summed E-state index contributed by atoms with van der Waals surface area (Å²) in [5.74, 6) is 0. The standard InChI is InChI=1S/C8H11BNO2.Re/c10-5-8(11)6-3-1-2-4-7(6)9-12;/h1-4,8,11-12H,5,10H2;. The van der Waals surface area contributed by atoms with Crippen molar-refractivity contribution in [1.29, 1.82) is 0 Å². The van der Waals surface area contributed by atoms with Crippen molar-refractivity contribution >= 4 is 12.9 Å². The summed E-state index contributed by atoms with van der Waals surface area (Å²) in [5, 5.41) is 18.2. The van der Waals surface area contributed by atoms with Gasteiger partial charge in [-0.05, 0) is 11.0 Å². The number of hydrogen-bond acceptors (Lipinski definition) is 3. The Labute approximate surface area is 91.9 Å². The fourth-order valence-electron chi connectivity index (χ4n) is 1.06. The van der Waals surface area contributed by atoms with Gasteiger partial charge < -0.3 is 15.9 Å². The van der Waals surface area contributed by atoms with Crippen LogP contribution in [-0.2, 0) is 20.4 Å². The molecule has 0 heterocycles. The molecule has 0 saturated carbocycles. The van der Waals surface area contributed by atoms with E-state index >= 15 is 0 Å². The molecule has 2 radical (unpaired) electrons. The second-order valence-electron chi connectivity index (χ2n) is 2.51. The molecule has 1 aromatic carbocycles. The zero-order chi connectivity index (χ0) is 8.97. The van der Waals surface area contributed by atoms with Crippen LogP contribution in [0.2, 0.25) is 0 Å². The molecule has 3 nitrogen and oxygen atoms in total. The Balaban J connectivity index is 0.00000144. The van der Waals surface area contributed by atoms with Gasteiger partial charge in [0.15, 0.2) is 0 Å². The van der Waals surface area contributed by atoms with Gasteiger partial charge >= 0.3 is 7.48 Å². The van der Waals surface area contributed by atoms with Gasteiger partial charge in [-0.2, -0.15) is 0 Å². The molecular formula is C8H11BNO2Re. The summed E-state index contributed by atoms with van der Waals surface area (Å²) in [6, 6.07) is 7.03. The van der Waals surface area contributed by atoms with Crippen LogP contribution in [0.25, 0.3) is 0 Å². The van der Waals surface area contributed by atoms with E-state index in [-0.39, 0.29) is 27.0 Å². The number of aliphatic hydroxyl groups excluding tert-OH is 1. The van der Waals surface area contributed by atoms with E-state index in [1.165, 1.54) is 0 Å². The van der Waals surface area contributed by atoms with Crippen molar-refractivity contribution in [1.82, 2.24) is 0 Å². The molecule has 0 spiro atoms. The van der Waals surface area contributed by atoms with E-state index in [9.17, 15) is 5.11 Å². The van der Waals surface area contributed by atoms with Crippen molar-refractivity contribution in [3.05, 3.63) is 29.8 Å². The zero-order valence-corrected chi connectivity index (χ0v) is 9.74. The Bertz CT molecular complexity index is 260. The predicted octanol–water partition coefficient (Wildman–Crippen LogP) is -1.09. The molecule has 0 aromatic heterocycles. The van der Waals surface area contributed by atoms with Gasteiger partial charge in [-0.3, -0.25) is 0 Å². The molecule has 0 amide bonds. The molecular weight excluding hydrogens is 339 g/mol. The van der Waals surface area contributed by atoms with Gasteiger partial charge in [0.2, 0.25) is 0 Å². The number of rotatable bonds is 3. The second kappa shape index (κ2) is 6.31. The van der Waals surface area contributed by atoms with E-state index in [0.29, 0.717) is 11.0 Å². The summed E-state index contributed by atoms with van der Waals surface area (Å²) in [6.45, 7) is 0.158. The molecule has 0 bridgehead atoms. The van der Waals surface area contributed by atoms with Crippen LogP contribution in [0, 0.1) is 0 Å². The van der Waals surface area contributed by atoms with Crippen molar-refractivity contribution in [3.63, 3.8) is 0 Å². The molecule has 1 atom stereocenters. The van der Waals surface area contributed by atoms with Crippen molar-refractivity contribution in [3.8, 4) is 0 Å². The summed E-state index contributed by atoms with van der Waals surface area (Å²) in [5.41, 5.74) is 6.54. The van der Waals surface area contributed by atoms with Crippen LogP contribution in [0.4, 0.5) is 0 Å². The monoisotopic (exact) mass is 351 g/mol. The summed E-state index contributed by atoms with van der Waals surface area (Å²) in [7, 11) is 0.966. The maximum absolute atomic E-state index is 9.39. The maximum atomic E-state index is 9.39. The largest absolute Gasteiger partial charge is 0.450 e. The van der Waals surface area contributed by atoms with Gasteiger partial charge in [-0.25, -0.2) is 0 Å². The molecule has 0 aliphatic rings. The first-order chi connectivity index (χ1) is 5.79. The first-order valence-corrected chi connectivity index (χ1v) is 3.74. The third-order valence-corrected chi connectivity index (χ3v) is 1.72. The van der Waals surface area contributed by atoms with E-state index in [2.05, 4.69) is 0 Å². The second-order valence-corrected chi connectivity index (χ2v) is 2.51. The summed E-state index contributed by atoms with van der Waals surface area (Å²) < 4.78 is 0. The van der Waals surface area contributed by atoms with Crippen molar-refractivity contribution in [2.24, 2.45) is 5.73 Å². The minimum atomic E-state index is -0.704. The van der Waals surface area contributed by atoms with Crippen molar-refractivity contribution in [2.75, 3.05) is 6.54 Å². The van der Waals surface area contributed by atoms with E-state index in [4.69, 9.17) is 10.8 Å². The van der Waals surface area contributed by atoms with Gasteiger partial charge in [0.25, 0.3) is 0 Å². The Kier molecular flexibility index (Phi) is 6.22. The van der Waals surface area contributed by atoms with Crippen LogP contribution in [0.5, 0.6) is 0 Å². The van der Waals surface area contributed by atoms with Gasteiger partial charge in [-0.15, -0.1) is 0 Å². The fourth-order valence-corrected chi connectivity index (χ4v) is 1.06. The van der Waals surface area contributed by atoms with Gasteiger partial charge in [0.1, 0.15) is 0 Å². The van der Waals surface area contributed by atoms with Crippen LogP contribution in [-0.4, -0.2) is 24.2 Å². The molecule has 0 aliphatic carbocycles. The first kappa shape index (κ1) is 12.8. The van der Waals surface area contributed by atoms with Crippen molar-refractivity contribution in [2.45, 2.75) is 6.10 Å². The molecule has 0 aliphatic heterocycles. The molecule has 1 unspecified atom stereocenters. The number of nitrogens with two attached hydrogens (primary N) is 1. The molecule has 70 valence electrons. The molecule has 13 heavy (non-hydrogen) atoms. The zero-order valence-electron chi connectivity index (χ0n) is 7.02. The number of aliphatic hydroxyl groups is 1. The van der Waals surface area contributed by atoms with Crippen LogP contribution in [0.15, 0.2) is 24.3 Å². The third-order valence-electron chi connectivity index (χ3n) is 1.72.